The number of nitrogens with zero attached hydrogens (tertiary/aromatic N) is 2. The molecule has 1 aromatic heterocycles. The van der Waals surface area contributed by atoms with Crippen LogP contribution in [0.1, 0.15) is 16.1 Å². The highest BCUT2D eigenvalue weighted by Crippen LogP contribution is 2.26. The van der Waals surface area contributed by atoms with Gasteiger partial charge in [0.1, 0.15) is 11.4 Å². The minimum Gasteiger partial charge on any atom is -0.405 e. The molecular formula is C19H21F3N4O5. The molecule has 9 nitrogen and oxygen atoms in total. The summed E-state index contributed by atoms with van der Waals surface area (Å²) in [5.41, 5.74) is -1.60. The highest BCUT2D eigenvalue weighted by molar-refractivity contribution is 5.92. The van der Waals surface area contributed by atoms with Gasteiger partial charge in [-0.05, 0) is 6.07 Å². The summed E-state index contributed by atoms with van der Waals surface area (Å²) in [4.78, 5) is 41.3. The first kappa shape index (κ1) is 22.6. The van der Waals surface area contributed by atoms with Crippen LogP contribution in [0, 0.1) is 0 Å². The minimum absolute atomic E-state index is 0.0781. The molecule has 0 saturated carbocycles. The van der Waals surface area contributed by atoms with Gasteiger partial charge in [-0.1, -0.05) is 18.2 Å². The van der Waals surface area contributed by atoms with Crippen molar-refractivity contribution in [2.24, 2.45) is 0 Å². The lowest BCUT2D eigenvalue weighted by molar-refractivity contribution is -0.274. The van der Waals surface area contributed by atoms with Crippen LogP contribution in [0.15, 0.2) is 39.9 Å². The van der Waals surface area contributed by atoms with Crippen molar-refractivity contribution in [1.82, 2.24) is 19.8 Å². The molecule has 1 aromatic carbocycles. The largest absolute Gasteiger partial charge is 0.573 e. The third kappa shape index (κ3) is 6.43. The number of halogens is 3. The number of amides is 1. The Labute approximate surface area is 174 Å². The van der Waals surface area contributed by atoms with Crippen LogP contribution >= 0.6 is 0 Å². The SMILES string of the molecule is O=C(NCc1ccccc1OC(F)(F)F)c1cc(=O)n(CCN2CCOCC2)c(=O)[nH]1. The summed E-state index contributed by atoms with van der Waals surface area (Å²) in [6, 6.07) is 6.30. The van der Waals surface area contributed by atoms with Gasteiger partial charge < -0.3 is 19.8 Å². The normalized spacial score (nSPS) is 14.9. The predicted molar refractivity (Wildman–Crippen MR) is 103 cm³/mol. The first-order valence-electron chi connectivity index (χ1n) is 9.49. The fourth-order valence-corrected chi connectivity index (χ4v) is 3.07. The van der Waals surface area contributed by atoms with Gasteiger partial charge in [-0.3, -0.25) is 19.1 Å². The van der Waals surface area contributed by atoms with Crippen LogP contribution in [0.4, 0.5) is 13.2 Å². The van der Waals surface area contributed by atoms with Crippen LogP contribution in [-0.2, 0) is 17.8 Å². The van der Waals surface area contributed by atoms with Gasteiger partial charge in [-0.15, -0.1) is 13.2 Å². The van der Waals surface area contributed by atoms with E-state index in [9.17, 15) is 27.6 Å². The van der Waals surface area contributed by atoms with Crippen LogP contribution in [-0.4, -0.2) is 59.6 Å². The number of rotatable bonds is 7. The number of H-pyrrole nitrogens is 1. The van der Waals surface area contributed by atoms with Gasteiger partial charge in [-0.2, -0.15) is 0 Å². The zero-order valence-corrected chi connectivity index (χ0v) is 16.4. The third-order valence-corrected chi connectivity index (χ3v) is 4.65. The van der Waals surface area contributed by atoms with E-state index in [2.05, 4.69) is 19.9 Å². The smallest absolute Gasteiger partial charge is 0.405 e. The van der Waals surface area contributed by atoms with E-state index in [0.717, 1.165) is 16.7 Å². The van der Waals surface area contributed by atoms with Gasteiger partial charge in [0.2, 0.25) is 0 Å². The topological polar surface area (TPSA) is 106 Å². The molecule has 2 N–H and O–H groups in total. The first-order valence-corrected chi connectivity index (χ1v) is 9.49. The molecule has 168 valence electrons. The molecule has 0 radical (unpaired) electrons. The molecule has 0 atom stereocenters. The summed E-state index contributed by atoms with van der Waals surface area (Å²) in [5, 5.41) is 2.37. The molecule has 1 fully saturated rings. The van der Waals surface area contributed by atoms with Crippen molar-refractivity contribution in [3.05, 3.63) is 62.4 Å². The van der Waals surface area contributed by atoms with E-state index in [1.807, 2.05) is 0 Å². The minimum atomic E-state index is -4.88. The maximum atomic E-state index is 12.5. The fraction of sp³-hybridized carbons (Fsp3) is 0.421. The number of alkyl halides is 3. The van der Waals surface area contributed by atoms with E-state index in [1.165, 1.54) is 18.2 Å². The average Bonchev–Trinajstić information content (AvgIpc) is 2.72. The molecule has 1 aliphatic heterocycles. The number of para-hydroxylation sites is 1. The number of carbonyl (C=O) groups excluding carboxylic acids is 1. The van der Waals surface area contributed by atoms with Crippen LogP contribution in [0.3, 0.4) is 0 Å². The summed E-state index contributed by atoms with van der Waals surface area (Å²) < 4.78 is 47.6. The van der Waals surface area contributed by atoms with Gasteiger partial charge in [0, 0.05) is 44.4 Å². The van der Waals surface area contributed by atoms with E-state index in [1.54, 1.807) is 0 Å². The van der Waals surface area contributed by atoms with Gasteiger partial charge >= 0.3 is 12.1 Å². The Hall–Kier alpha value is -3.12. The van der Waals surface area contributed by atoms with Crippen molar-refractivity contribution in [2.75, 3.05) is 32.8 Å². The molecule has 1 amide bonds. The predicted octanol–water partition coefficient (Wildman–Crippen LogP) is 0.697. The van der Waals surface area contributed by atoms with Gasteiger partial charge in [0.25, 0.3) is 11.5 Å². The second-order valence-corrected chi connectivity index (χ2v) is 6.77. The zero-order valence-electron chi connectivity index (χ0n) is 16.4. The van der Waals surface area contributed by atoms with E-state index in [4.69, 9.17) is 4.74 Å². The Bertz CT molecular complexity index is 997. The second kappa shape index (κ2) is 9.79. The molecule has 0 bridgehead atoms. The standard InChI is InChI=1S/C19H21F3N4O5/c20-19(21,22)31-15-4-2-1-3-13(15)12-23-17(28)14-11-16(27)26(18(29)24-14)6-5-25-7-9-30-10-8-25/h1-4,11H,5-10,12H2,(H,23,28)(H,24,29). The highest BCUT2D eigenvalue weighted by Gasteiger charge is 2.32. The van der Waals surface area contributed by atoms with E-state index in [0.29, 0.717) is 32.8 Å². The lowest BCUT2D eigenvalue weighted by Gasteiger charge is -2.26. The second-order valence-electron chi connectivity index (χ2n) is 6.77. The molecule has 0 aliphatic carbocycles. The van der Waals surface area contributed by atoms with Crippen LogP contribution in [0.5, 0.6) is 5.75 Å². The van der Waals surface area contributed by atoms with E-state index >= 15 is 0 Å². The third-order valence-electron chi connectivity index (χ3n) is 4.65. The number of benzene rings is 1. The van der Waals surface area contributed by atoms with Crippen LogP contribution < -0.4 is 21.3 Å². The lowest BCUT2D eigenvalue weighted by Crippen LogP contribution is -2.43. The maximum absolute atomic E-state index is 12.5. The Morgan fingerprint density at radius 2 is 1.87 bits per heavy atom. The molecule has 2 aromatic rings. The summed E-state index contributed by atoms with van der Waals surface area (Å²) in [5.74, 6) is -1.27. The Balaban J connectivity index is 1.65. The molecule has 3 rings (SSSR count). The summed E-state index contributed by atoms with van der Waals surface area (Å²) in [6.07, 6.45) is -4.88. The Morgan fingerprint density at radius 1 is 1.16 bits per heavy atom. The zero-order chi connectivity index (χ0) is 22.4. The van der Waals surface area contributed by atoms with Crippen LogP contribution in [0.2, 0.25) is 0 Å². The van der Waals surface area contributed by atoms with Gasteiger partial charge in [0.05, 0.1) is 13.2 Å². The number of hydrogen-bond donors (Lipinski definition) is 2. The van der Waals surface area contributed by atoms with Crippen molar-refractivity contribution in [3.63, 3.8) is 0 Å². The lowest BCUT2D eigenvalue weighted by atomic mass is 10.2. The van der Waals surface area contributed by atoms with Crippen molar-refractivity contribution in [3.8, 4) is 5.75 Å². The number of hydrogen-bond acceptors (Lipinski definition) is 6. The van der Waals surface area contributed by atoms with Crippen molar-refractivity contribution < 1.29 is 27.4 Å². The Kier molecular flexibility index (Phi) is 7.13. The summed E-state index contributed by atoms with van der Waals surface area (Å²) in [7, 11) is 0. The Morgan fingerprint density at radius 3 is 2.55 bits per heavy atom. The number of morpholine rings is 1. The molecule has 2 heterocycles. The number of aromatic amines is 1. The molecule has 0 unspecified atom stereocenters. The van der Waals surface area contributed by atoms with E-state index < -0.39 is 29.3 Å². The molecule has 0 spiro atoms. The maximum Gasteiger partial charge on any atom is 0.573 e. The van der Waals surface area contributed by atoms with Crippen molar-refractivity contribution in [2.45, 2.75) is 19.5 Å². The van der Waals surface area contributed by atoms with Gasteiger partial charge in [0.15, 0.2) is 0 Å². The van der Waals surface area contributed by atoms with E-state index in [-0.39, 0.29) is 24.3 Å². The van der Waals surface area contributed by atoms with Gasteiger partial charge in [-0.25, -0.2) is 4.79 Å². The summed E-state index contributed by atoms with van der Waals surface area (Å²) in [6.45, 7) is 2.90. The molecule has 1 saturated heterocycles. The fourth-order valence-electron chi connectivity index (χ4n) is 3.07. The number of nitrogens with one attached hydrogen (secondary N) is 2. The number of aromatic nitrogens is 2. The number of ether oxygens (including phenoxy) is 2. The number of carbonyl (C=O) groups is 1. The summed E-state index contributed by atoms with van der Waals surface area (Å²) >= 11 is 0. The quantitative estimate of drug-likeness (QED) is 0.654. The van der Waals surface area contributed by atoms with Crippen molar-refractivity contribution >= 4 is 5.91 Å². The molecular weight excluding hydrogens is 421 g/mol. The molecule has 1 aliphatic rings. The highest BCUT2D eigenvalue weighted by atomic mass is 19.4. The van der Waals surface area contributed by atoms with Crippen LogP contribution in [0.25, 0.3) is 0 Å². The molecule has 12 heteroatoms. The average molecular weight is 442 g/mol. The first-order chi connectivity index (χ1) is 14.7. The van der Waals surface area contributed by atoms with Crippen molar-refractivity contribution in [1.29, 1.82) is 0 Å². The monoisotopic (exact) mass is 442 g/mol. The molecule has 31 heavy (non-hydrogen) atoms.